The third-order valence-electron chi connectivity index (χ3n) is 2.72. The van der Waals surface area contributed by atoms with Crippen LogP contribution in [0.1, 0.15) is 31.9 Å². The fraction of sp³-hybridized carbons (Fsp3) is 0.500. The third-order valence-corrected chi connectivity index (χ3v) is 2.72. The van der Waals surface area contributed by atoms with Crippen LogP contribution in [0.2, 0.25) is 0 Å². The Morgan fingerprint density at radius 2 is 2.15 bits per heavy atom. The van der Waals surface area contributed by atoms with Crippen molar-refractivity contribution in [1.29, 1.82) is 0 Å². The van der Waals surface area contributed by atoms with Gasteiger partial charge in [0.2, 0.25) is 5.91 Å². The lowest BCUT2D eigenvalue weighted by atomic mass is 10.1. The molecule has 1 rings (SSSR count). The van der Waals surface area contributed by atoms with Crippen molar-refractivity contribution < 1.29 is 18.3 Å². The SMILES string of the molecule is CCCNC(=O)CNC(C)c1cccc(OC(F)F)c1. The Labute approximate surface area is 117 Å². The number of ether oxygens (including phenoxy) is 1. The van der Waals surface area contributed by atoms with Crippen molar-refractivity contribution in [1.82, 2.24) is 10.6 Å². The van der Waals surface area contributed by atoms with Gasteiger partial charge in [0.25, 0.3) is 0 Å². The van der Waals surface area contributed by atoms with Crippen molar-refractivity contribution in [3.63, 3.8) is 0 Å². The van der Waals surface area contributed by atoms with Gasteiger partial charge in [0, 0.05) is 12.6 Å². The molecule has 0 spiro atoms. The van der Waals surface area contributed by atoms with E-state index < -0.39 is 6.61 Å². The zero-order chi connectivity index (χ0) is 15.0. The van der Waals surface area contributed by atoms with E-state index in [1.807, 2.05) is 13.8 Å². The summed E-state index contributed by atoms with van der Waals surface area (Å²) in [6.07, 6.45) is 0.883. The summed E-state index contributed by atoms with van der Waals surface area (Å²) in [4.78, 5) is 11.5. The summed E-state index contributed by atoms with van der Waals surface area (Å²) < 4.78 is 28.6. The van der Waals surface area contributed by atoms with Crippen molar-refractivity contribution in [3.05, 3.63) is 29.8 Å². The van der Waals surface area contributed by atoms with Crippen LogP contribution in [0.25, 0.3) is 0 Å². The molecule has 0 aromatic heterocycles. The van der Waals surface area contributed by atoms with E-state index in [2.05, 4.69) is 15.4 Å². The van der Waals surface area contributed by atoms with Crippen molar-refractivity contribution in [2.45, 2.75) is 32.9 Å². The summed E-state index contributed by atoms with van der Waals surface area (Å²) in [6.45, 7) is 1.82. The number of alkyl halides is 2. The van der Waals surface area contributed by atoms with E-state index in [1.54, 1.807) is 12.1 Å². The van der Waals surface area contributed by atoms with Crippen LogP contribution in [-0.2, 0) is 4.79 Å². The van der Waals surface area contributed by atoms with Gasteiger partial charge in [0.05, 0.1) is 6.54 Å². The lowest BCUT2D eigenvalue weighted by Gasteiger charge is -2.15. The average molecular weight is 286 g/mol. The quantitative estimate of drug-likeness (QED) is 0.772. The molecular formula is C14H20F2N2O2. The molecule has 0 aliphatic carbocycles. The van der Waals surface area contributed by atoms with Crippen molar-refractivity contribution in [2.24, 2.45) is 0 Å². The van der Waals surface area contributed by atoms with E-state index in [1.165, 1.54) is 12.1 Å². The van der Waals surface area contributed by atoms with Crippen LogP contribution in [-0.4, -0.2) is 25.6 Å². The second kappa shape index (κ2) is 8.47. The molecule has 2 N–H and O–H groups in total. The maximum Gasteiger partial charge on any atom is 0.387 e. The Hall–Kier alpha value is -1.69. The van der Waals surface area contributed by atoms with Gasteiger partial charge < -0.3 is 15.4 Å². The number of benzene rings is 1. The van der Waals surface area contributed by atoms with Crippen LogP contribution < -0.4 is 15.4 Å². The van der Waals surface area contributed by atoms with E-state index >= 15 is 0 Å². The van der Waals surface area contributed by atoms with Gasteiger partial charge in [-0.15, -0.1) is 0 Å². The fourth-order valence-corrected chi connectivity index (χ4v) is 1.65. The van der Waals surface area contributed by atoms with Crippen molar-refractivity contribution in [2.75, 3.05) is 13.1 Å². The molecule has 6 heteroatoms. The van der Waals surface area contributed by atoms with Gasteiger partial charge in [-0.3, -0.25) is 4.79 Å². The zero-order valence-electron chi connectivity index (χ0n) is 11.7. The molecule has 0 radical (unpaired) electrons. The number of hydrogen-bond acceptors (Lipinski definition) is 3. The smallest absolute Gasteiger partial charge is 0.387 e. The summed E-state index contributed by atoms with van der Waals surface area (Å²) >= 11 is 0. The zero-order valence-corrected chi connectivity index (χ0v) is 11.7. The van der Waals surface area contributed by atoms with Crippen LogP contribution >= 0.6 is 0 Å². The van der Waals surface area contributed by atoms with Crippen LogP contribution in [0.4, 0.5) is 8.78 Å². The summed E-state index contributed by atoms with van der Waals surface area (Å²) in [5.41, 5.74) is 0.784. The predicted molar refractivity (Wildman–Crippen MR) is 72.8 cm³/mol. The molecule has 0 heterocycles. The van der Waals surface area contributed by atoms with Gasteiger partial charge in [-0.1, -0.05) is 19.1 Å². The Balaban J connectivity index is 2.50. The second-order valence-corrected chi connectivity index (χ2v) is 4.40. The summed E-state index contributed by atoms with van der Waals surface area (Å²) in [6, 6.07) is 6.30. The van der Waals surface area contributed by atoms with E-state index in [0.29, 0.717) is 6.54 Å². The Kier molecular flexibility index (Phi) is 6.93. The molecule has 0 aliphatic rings. The summed E-state index contributed by atoms with van der Waals surface area (Å²) in [5, 5.41) is 5.78. The van der Waals surface area contributed by atoms with E-state index in [9.17, 15) is 13.6 Å². The van der Waals surface area contributed by atoms with E-state index in [4.69, 9.17) is 0 Å². The van der Waals surface area contributed by atoms with Crippen LogP contribution in [0.3, 0.4) is 0 Å². The maximum atomic E-state index is 12.1. The monoisotopic (exact) mass is 286 g/mol. The number of rotatable bonds is 8. The number of carbonyl (C=O) groups is 1. The number of carbonyl (C=O) groups excluding carboxylic acids is 1. The largest absolute Gasteiger partial charge is 0.435 e. The van der Waals surface area contributed by atoms with Crippen molar-refractivity contribution >= 4 is 5.91 Å². The molecule has 0 fully saturated rings. The fourth-order valence-electron chi connectivity index (χ4n) is 1.65. The first-order valence-corrected chi connectivity index (χ1v) is 6.57. The number of halogens is 2. The highest BCUT2D eigenvalue weighted by atomic mass is 19.3. The molecule has 0 bridgehead atoms. The molecule has 1 amide bonds. The van der Waals surface area contributed by atoms with Crippen LogP contribution in [0, 0.1) is 0 Å². The highest BCUT2D eigenvalue weighted by Gasteiger charge is 2.10. The number of nitrogens with one attached hydrogen (secondary N) is 2. The molecule has 0 aliphatic heterocycles. The molecule has 20 heavy (non-hydrogen) atoms. The molecule has 0 saturated carbocycles. The lowest BCUT2D eigenvalue weighted by Crippen LogP contribution is -2.35. The van der Waals surface area contributed by atoms with Crippen LogP contribution in [0.5, 0.6) is 5.75 Å². The minimum absolute atomic E-state index is 0.0846. The minimum atomic E-state index is -2.84. The summed E-state index contributed by atoms with van der Waals surface area (Å²) in [5.74, 6) is 0.0280. The first kappa shape index (κ1) is 16.4. The molecule has 1 atom stereocenters. The molecule has 4 nitrogen and oxygen atoms in total. The van der Waals surface area contributed by atoms with E-state index in [-0.39, 0.29) is 24.2 Å². The number of amides is 1. The lowest BCUT2D eigenvalue weighted by molar-refractivity contribution is -0.120. The van der Waals surface area contributed by atoms with E-state index in [0.717, 1.165) is 12.0 Å². The topological polar surface area (TPSA) is 50.4 Å². The van der Waals surface area contributed by atoms with Gasteiger partial charge in [0.1, 0.15) is 5.75 Å². The number of hydrogen-bond donors (Lipinski definition) is 2. The summed E-state index contributed by atoms with van der Waals surface area (Å²) in [7, 11) is 0. The molecule has 0 saturated heterocycles. The Morgan fingerprint density at radius 1 is 1.40 bits per heavy atom. The maximum absolute atomic E-state index is 12.1. The van der Waals surface area contributed by atoms with Gasteiger partial charge in [-0.25, -0.2) is 0 Å². The Morgan fingerprint density at radius 3 is 2.80 bits per heavy atom. The third kappa shape index (κ3) is 5.97. The normalized spacial score (nSPS) is 12.2. The highest BCUT2D eigenvalue weighted by Crippen LogP contribution is 2.20. The molecule has 1 aromatic carbocycles. The van der Waals surface area contributed by atoms with Gasteiger partial charge in [0.15, 0.2) is 0 Å². The predicted octanol–water partition coefficient (Wildman–Crippen LogP) is 2.46. The standard InChI is InChI=1S/C14H20F2N2O2/c1-3-7-17-13(19)9-18-10(2)11-5-4-6-12(8-11)20-14(15)16/h4-6,8,10,14,18H,3,7,9H2,1-2H3,(H,17,19). The first-order valence-electron chi connectivity index (χ1n) is 6.57. The molecule has 1 aromatic rings. The molecule has 1 unspecified atom stereocenters. The van der Waals surface area contributed by atoms with Crippen LogP contribution in [0.15, 0.2) is 24.3 Å². The van der Waals surface area contributed by atoms with Crippen molar-refractivity contribution in [3.8, 4) is 5.75 Å². The average Bonchev–Trinajstić information content (AvgIpc) is 2.42. The van der Waals surface area contributed by atoms with Gasteiger partial charge in [-0.2, -0.15) is 8.78 Å². The second-order valence-electron chi connectivity index (χ2n) is 4.40. The van der Waals surface area contributed by atoms with Gasteiger partial charge >= 0.3 is 6.61 Å². The Bertz CT molecular complexity index is 427. The first-order chi connectivity index (χ1) is 9.52. The molecule has 112 valence electrons. The molecular weight excluding hydrogens is 266 g/mol. The highest BCUT2D eigenvalue weighted by molar-refractivity contribution is 5.77. The van der Waals surface area contributed by atoms with Gasteiger partial charge in [-0.05, 0) is 31.0 Å². The minimum Gasteiger partial charge on any atom is -0.435 e.